The van der Waals surface area contributed by atoms with E-state index in [1.807, 2.05) is 0 Å². The molecule has 0 radical (unpaired) electrons. The Labute approximate surface area is 265 Å². The third-order valence-electron chi connectivity index (χ3n) is 7.99. The number of hydrogen-bond donors (Lipinski definition) is 4. The van der Waals surface area contributed by atoms with E-state index in [2.05, 4.69) is 31.3 Å². The van der Waals surface area contributed by atoms with Crippen molar-refractivity contribution in [3.05, 3.63) is 24.3 Å². The molecule has 0 aromatic rings. The summed E-state index contributed by atoms with van der Waals surface area (Å²) in [6, 6.07) is -1.24. The van der Waals surface area contributed by atoms with Crippen molar-refractivity contribution in [2.75, 3.05) is 5.75 Å². The molecule has 3 atom stereocenters. The third kappa shape index (κ3) is 29.3. The molecule has 0 heterocycles. The van der Waals surface area contributed by atoms with Crippen molar-refractivity contribution in [3.63, 3.8) is 0 Å². The van der Waals surface area contributed by atoms with Gasteiger partial charge in [-0.15, -0.1) is 0 Å². The summed E-state index contributed by atoms with van der Waals surface area (Å²) in [6.07, 6.45) is 32.4. The molecular formula is C35H67NO6S. The van der Waals surface area contributed by atoms with E-state index < -0.39 is 40.0 Å². The zero-order valence-electron chi connectivity index (χ0n) is 27.7. The van der Waals surface area contributed by atoms with Crippen molar-refractivity contribution in [1.29, 1.82) is 0 Å². The summed E-state index contributed by atoms with van der Waals surface area (Å²) in [5.41, 5.74) is 0. The van der Waals surface area contributed by atoms with E-state index in [1.165, 1.54) is 109 Å². The first kappa shape index (κ1) is 41.8. The first-order valence-electron chi connectivity index (χ1n) is 17.6. The van der Waals surface area contributed by atoms with Gasteiger partial charge in [-0.1, -0.05) is 160 Å². The Kier molecular flexibility index (Phi) is 28.7. The van der Waals surface area contributed by atoms with Crippen LogP contribution in [-0.2, 0) is 14.9 Å². The lowest BCUT2D eigenvalue weighted by molar-refractivity contribution is -0.130. The number of allylic oxidation sites excluding steroid dienone is 3. The molecule has 0 aromatic carbocycles. The zero-order valence-corrected chi connectivity index (χ0v) is 28.5. The fourth-order valence-electron chi connectivity index (χ4n) is 5.24. The summed E-state index contributed by atoms with van der Waals surface area (Å²) < 4.78 is 32.3. The van der Waals surface area contributed by atoms with Crippen LogP contribution in [0.2, 0.25) is 0 Å². The van der Waals surface area contributed by atoms with Gasteiger partial charge in [-0.05, 0) is 32.1 Å². The molecule has 7 nitrogen and oxygen atoms in total. The normalized spacial score (nSPS) is 14.4. The number of unbranched alkanes of at least 4 members (excludes halogenated alkanes) is 20. The minimum Gasteiger partial charge on any atom is -0.387 e. The number of rotatable bonds is 31. The molecule has 0 rings (SSSR count). The van der Waals surface area contributed by atoms with Gasteiger partial charge < -0.3 is 15.5 Å². The van der Waals surface area contributed by atoms with Crippen LogP contribution in [0.5, 0.6) is 0 Å². The first-order valence-corrected chi connectivity index (χ1v) is 19.3. The van der Waals surface area contributed by atoms with Crippen LogP contribution in [0.3, 0.4) is 0 Å². The van der Waals surface area contributed by atoms with Crippen molar-refractivity contribution in [3.8, 4) is 0 Å². The van der Waals surface area contributed by atoms with Crippen LogP contribution in [0.15, 0.2) is 24.3 Å². The predicted octanol–water partition coefficient (Wildman–Crippen LogP) is 8.60. The maximum Gasteiger partial charge on any atom is 0.267 e. The molecule has 0 aliphatic rings. The number of nitrogens with one attached hydrogen (secondary N) is 1. The summed E-state index contributed by atoms with van der Waals surface area (Å²) >= 11 is 0. The zero-order chi connectivity index (χ0) is 32.0. The highest BCUT2D eigenvalue weighted by Gasteiger charge is 2.27. The fourth-order valence-corrected chi connectivity index (χ4v) is 5.97. The second-order valence-corrected chi connectivity index (χ2v) is 13.8. The average molecular weight is 630 g/mol. The molecule has 0 saturated heterocycles. The Morgan fingerprint density at radius 2 is 1.05 bits per heavy atom. The highest BCUT2D eigenvalue weighted by Crippen LogP contribution is 2.13. The standard InChI is InChI=1S/C35H67NO6S/c1-3-5-7-9-11-13-15-16-17-18-19-20-22-23-25-27-29-33(37)32(31-43(40,41)42)36-35(39)34(38)30-28-26-24-21-14-12-10-8-6-4-2/h20,22,27,29,32-34,37-38H,3-19,21,23-26,28,30-31H2,1-2H3,(H,36,39)(H,40,41,42)/b22-20+,29-27+. The molecule has 43 heavy (non-hydrogen) atoms. The summed E-state index contributed by atoms with van der Waals surface area (Å²) in [6.45, 7) is 4.46. The van der Waals surface area contributed by atoms with Crippen LogP contribution in [0.25, 0.3) is 0 Å². The predicted molar refractivity (Wildman–Crippen MR) is 181 cm³/mol. The van der Waals surface area contributed by atoms with Gasteiger partial charge in [-0.2, -0.15) is 8.42 Å². The number of carbonyl (C=O) groups excluding carboxylic acids is 1. The monoisotopic (exact) mass is 629 g/mol. The van der Waals surface area contributed by atoms with Crippen LogP contribution in [0.4, 0.5) is 0 Å². The van der Waals surface area contributed by atoms with Gasteiger partial charge >= 0.3 is 0 Å². The number of hydrogen-bond acceptors (Lipinski definition) is 5. The van der Waals surface area contributed by atoms with Crippen molar-refractivity contribution in [2.45, 2.75) is 186 Å². The summed E-state index contributed by atoms with van der Waals surface area (Å²) in [4.78, 5) is 12.5. The highest BCUT2D eigenvalue weighted by molar-refractivity contribution is 7.85. The average Bonchev–Trinajstić information content (AvgIpc) is 2.96. The second-order valence-electron chi connectivity index (χ2n) is 12.3. The van der Waals surface area contributed by atoms with Gasteiger partial charge in [0.1, 0.15) is 6.10 Å². The smallest absolute Gasteiger partial charge is 0.267 e. The fraction of sp³-hybridized carbons (Fsp3) is 0.857. The summed E-state index contributed by atoms with van der Waals surface area (Å²) in [5, 5.41) is 23.2. The number of aliphatic hydroxyl groups excluding tert-OH is 2. The van der Waals surface area contributed by atoms with Crippen molar-refractivity contribution in [2.24, 2.45) is 0 Å². The molecule has 0 bridgehead atoms. The van der Waals surface area contributed by atoms with E-state index >= 15 is 0 Å². The van der Waals surface area contributed by atoms with Gasteiger partial charge in [-0.3, -0.25) is 9.35 Å². The van der Waals surface area contributed by atoms with Crippen LogP contribution in [-0.4, -0.2) is 53.1 Å². The maximum atomic E-state index is 12.5. The lowest BCUT2D eigenvalue weighted by Gasteiger charge is -2.22. The Hall–Kier alpha value is -1.22. The van der Waals surface area contributed by atoms with Crippen molar-refractivity contribution in [1.82, 2.24) is 5.32 Å². The van der Waals surface area contributed by atoms with Crippen LogP contribution >= 0.6 is 0 Å². The molecule has 0 fully saturated rings. The molecule has 4 N–H and O–H groups in total. The Bertz CT molecular complexity index is 798. The van der Waals surface area contributed by atoms with Crippen LogP contribution in [0, 0.1) is 0 Å². The van der Waals surface area contributed by atoms with Gasteiger partial charge in [0.2, 0.25) is 5.91 Å². The lowest BCUT2D eigenvalue weighted by atomic mass is 10.0. The van der Waals surface area contributed by atoms with Crippen molar-refractivity contribution >= 4 is 16.0 Å². The quantitative estimate of drug-likeness (QED) is 0.0346. The van der Waals surface area contributed by atoms with E-state index in [9.17, 15) is 28.0 Å². The number of carbonyl (C=O) groups is 1. The number of aliphatic hydroxyl groups is 2. The molecule has 3 unspecified atom stereocenters. The largest absolute Gasteiger partial charge is 0.387 e. The van der Waals surface area contributed by atoms with E-state index in [1.54, 1.807) is 6.08 Å². The topological polar surface area (TPSA) is 124 Å². The molecule has 0 aliphatic carbocycles. The van der Waals surface area contributed by atoms with E-state index in [0.717, 1.165) is 32.1 Å². The lowest BCUT2D eigenvalue weighted by Crippen LogP contribution is -2.50. The number of amides is 1. The first-order chi connectivity index (χ1) is 20.7. The van der Waals surface area contributed by atoms with Gasteiger partial charge in [0.05, 0.1) is 17.9 Å². The van der Waals surface area contributed by atoms with Gasteiger partial charge in [-0.25, -0.2) is 0 Å². The SMILES string of the molecule is CCCCCCCCCCCC/C=C/CC/C=C/C(O)C(CS(=O)(=O)O)NC(=O)C(O)CCCCCCCCCCCC. The van der Waals surface area contributed by atoms with Crippen molar-refractivity contribution < 1.29 is 28.0 Å². The molecule has 1 amide bonds. The Morgan fingerprint density at radius 3 is 1.53 bits per heavy atom. The molecule has 0 aromatic heterocycles. The molecule has 0 saturated carbocycles. The minimum atomic E-state index is -4.44. The Balaban J connectivity index is 4.19. The van der Waals surface area contributed by atoms with Gasteiger partial charge in [0.25, 0.3) is 10.1 Å². The van der Waals surface area contributed by atoms with Crippen LogP contribution < -0.4 is 5.32 Å². The maximum absolute atomic E-state index is 12.5. The Morgan fingerprint density at radius 1 is 0.628 bits per heavy atom. The molecule has 8 heteroatoms. The molecule has 0 aliphatic heterocycles. The molecular weight excluding hydrogens is 562 g/mol. The van der Waals surface area contributed by atoms with Gasteiger partial charge in [0.15, 0.2) is 0 Å². The molecule has 254 valence electrons. The summed E-state index contributed by atoms with van der Waals surface area (Å²) in [7, 11) is -4.44. The third-order valence-corrected chi connectivity index (χ3v) is 8.77. The van der Waals surface area contributed by atoms with E-state index in [4.69, 9.17) is 0 Å². The minimum absolute atomic E-state index is 0.276. The van der Waals surface area contributed by atoms with E-state index in [0.29, 0.717) is 12.8 Å². The molecule has 0 spiro atoms. The highest BCUT2D eigenvalue weighted by atomic mass is 32.2. The summed E-state index contributed by atoms with van der Waals surface area (Å²) in [5.74, 6) is -1.56. The van der Waals surface area contributed by atoms with Gasteiger partial charge in [0, 0.05) is 0 Å². The van der Waals surface area contributed by atoms with Crippen LogP contribution in [0.1, 0.15) is 168 Å². The van der Waals surface area contributed by atoms with E-state index in [-0.39, 0.29) is 6.42 Å². The second kappa shape index (κ2) is 29.5.